The van der Waals surface area contributed by atoms with Gasteiger partial charge >= 0.3 is 0 Å². The Bertz CT molecular complexity index is 883. The van der Waals surface area contributed by atoms with Crippen molar-refractivity contribution in [2.24, 2.45) is 11.8 Å². The van der Waals surface area contributed by atoms with Crippen molar-refractivity contribution in [1.82, 2.24) is 20.9 Å². The quantitative estimate of drug-likeness (QED) is 0.624. The minimum atomic E-state index is -0.879. The molecule has 2 aliphatic rings. The number of amides is 4. The number of fused-ring (bicyclic) bond motifs is 1. The highest BCUT2D eigenvalue weighted by molar-refractivity contribution is 5.99. The van der Waals surface area contributed by atoms with Gasteiger partial charge in [-0.15, -0.1) is 0 Å². The van der Waals surface area contributed by atoms with Crippen LogP contribution in [0.2, 0.25) is 0 Å². The van der Waals surface area contributed by atoms with Crippen molar-refractivity contribution in [2.75, 3.05) is 26.7 Å². The standard InChI is InChI=1S/C24H34N4O5/c1-15(2)21-24(32)28(3)12-13-33-19-7-5-4-6-17(19)22(30)26-18(10-11-20(29)27-21)23(31)25-14-16-8-9-16/h4-7,15-16,18,21H,8-14H2,1-3H3,(H,25,31)(H,26,30)(H,27,29)/t18-,21-/m0/s1. The summed E-state index contributed by atoms with van der Waals surface area (Å²) in [5, 5.41) is 8.45. The second-order valence-electron chi connectivity index (χ2n) is 9.15. The average molecular weight is 459 g/mol. The Kier molecular flexibility index (Phi) is 8.30. The van der Waals surface area contributed by atoms with Gasteiger partial charge in [0.05, 0.1) is 12.1 Å². The molecule has 1 aliphatic heterocycles. The molecule has 2 atom stereocenters. The molecule has 4 amide bonds. The monoisotopic (exact) mass is 458 g/mol. The van der Waals surface area contributed by atoms with Gasteiger partial charge in [-0.25, -0.2) is 0 Å². The molecule has 180 valence electrons. The van der Waals surface area contributed by atoms with Crippen LogP contribution >= 0.6 is 0 Å². The number of likely N-dealkylation sites (N-methyl/N-ethyl adjacent to an activating group) is 1. The first-order valence-corrected chi connectivity index (χ1v) is 11.6. The molecule has 1 saturated carbocycles. The Morgan fingerprint density at radius 2 is 1.88 bits per heavy atom. The van der Waals surface area contributed by atoms with Crippen molar-refractivity contribution in [3.05, 3.63) is 29.8 Å². The number of rotatable bonds is 4. The smallest absolute Gasteiger partial charge is 0.255 e. The lowest BCUT2D eigenvalue weighted by molar-refractivity contribution is -0.137. The van der Waals surface area contributed by atoms with Gasteiger partial charge in [-0.2, -0.15) is 0 Å². The number of nitrogens with one attached hydrogen (secondary N) is 3. The lowest BCUT2D eigenvalue weighted by Crippen LogP contribution is -2.51. The zero-order valence-corrected chi connectivity index (χ0v) is 19.6. The fourth-order valence-electron chi connectivity index (χ4n) is 3.65. The molecule has 3 rings (SSSR count). The van der Waals surface area contributed by atoms with Crippen molar-refractivity contribution < 1.29 is 23.9 Å². The summed E-state index contributed by atoms with van der Waals surface area (Å²) in [5.41, 5.74) is 0.297. The van der Waals surface area contributed by atoms with E-state index in [2.05, 4.69) is 16.0 Å². The van der Waals surface area contributed by atoms with E-state index in [1.54, 1.807) is 31.3 Å². The van der Waals surface area contributed by atoms with Gasteiger partial charge in [0, 0.05) is 20.0 Å². The lowest BCUT2D eigenvalue weighted by Gasteiger charge is -2.27. The van der Waals surface area contributed by atoms with Gasteiger partial charge in [-0.05, 0) is 43.2 Å². The zero-order valence-electron chi connectivity index (χ0n) is 19.6. The maximum absolute atomic E-state index is 13.0. The summed E-state index contributed by atoms with van der Waals surface area (Å²) in [4.78, 5) is 52.9. The van der Waals surface area contributed by atoms with E-state index in [1.165, 1.54) is 4.90 Å². The Morgan fingerprint density at radius 3 is 2.58 bits per heavy atom. The molecule has 0 bridgehead atoms. The molecule has 9 heteroatoms. The summed E-state index contributed by atoms with van der Waals surface area (Å²) in [7, 11) is 1.66. The fraction of sp³-hybridized carbons (Fsp3) is 0.583. The minimum Gasteiger partial charge on any atom is -0.491 e. The Hall–Kier alpha value is -3.10. The third-order valence-electron chi connectivity index (χ3n) is 5.99. The zero-order chi connectivity index (χ0) is 24.0. The van der Waals surface area contributed by atoms with Gasteiger partial charge in [-0.3, -0.25) is 19.2 Å². The number of carbonyl (C=O) groups excluding carboxylic acids is 4. The first kappa shape index (κ1) is 24.5. The first-order valence-electron chi connectivity index (χ1n) is 11.6. The number of carbonyl (C=O) groups is 4. The van der Waals surface area contributed by atoms with Crippen LogP contribution in [0.1, 0.15) is 49.9 Å². The summed E-state index contributed by atoms with van der Waals surface area (Å²) in [6.07, 6.45) is 2.29. The predicted octanol–water partition coefficient (Wildman–Crippen LogP) is 1.08. The molecule has 3 N–H and O–H groups in total. The molecular weight excluding hydrogens is 424 g/mol. The second kappa shape index (κ2) is 11.2. The number of hydrogen-bond donors (Lipinski definition) is 3. The Morgan fingerprint density at radius 1 is 1.15 bits per heavy atom. The van der Waals surface area contributed by atoms with Gasteiger partial charge in [-0.1, -0.05) is 26.0 Å². The van der Waals surface area contributed by atoms with Crippen LogP contribution in [0.25, 0.3) is 0 Å². The van der Waals surface area contributed by atoms with Crippen LogP contribution in [-0.4, -0.2) is 67.4 Å². The van der Waals surface area contributed by atoms with Crippen molar-refractivity contribution in [3.63, 3.8) is 0 Å². The summed E-state index contributed by atoms with van der Waals surface area (Å²) in [6, 6.07) is 5.21. The van der Waals surface area contributed by atoms with E-state index in [1.807, 2.05) is 13.8 Å². The van der Waals surface area contributed by atoms with E-state index in [0.717, 1.165) is 12.8 Å². The molecule has 1 heterocycles. The highest BCUT2D eigenvalue weighted by Gasteiger charge is 2.30. The molecule has 9 nitrogen and oxygen atoms in total. The molecular formula is C24H34N4O5. The maximum Gasteiger partial charge on any atom is 0.255 e. The number of para-hydroxylation sites is 1. The SMILES string of the molecule is CC(C)[C@@H]1NC(=O)CC[C@@H](C(=O)NCC2CC2)NC(=O)c2ccccc2OCCN(C)C1=O. The molecule has 1 aromatic rings. The van der Waals surface area contributed by atoms with E-state index >= 15 is 0 Å². The van der Waals surface area contributed by atoms with Gasteiger partial charge in [0.25, 0.3) is 5.91 Å². The third-order valence-corrected chi connectivity index (χ3v) is 5.99. The molecule has 0 saturated heterocycles. The predicted molar refractivity (Wildman–Crippen MR) is 123 cm³/mol. The van der Waals surface area contributed by atoms with Crippen molar-refractivity contribution in [3.8, 4) is 5.75 Å². The molecule has 0 spiro atoms. The molecule has 1 fully saturated rings. The fourth-order valence-corrected chi connectivity index (χ4v) is 3.65. The van der Waals surface area contributed by atoms with E-state index in [4.69, 9.17) is 4.74 Å². The van der Waals surface area contributed by atoms with Crippen molar-refractivity contribution >= 4 is 23.6 Å². The Labute approximate surface area is 194 Å². The van der Waals surface area contributed by atoms with Crippen LogP contribution in [0, 0.1) is 11.8 Å². The number of ether oxygens (including phenoxy) is 1. The van der Waals surface area contributed by atoms with Crippen LogP contribution in [-0.2, 0) is 14.4 Å². The molecule has 33 heavy (non-hydrogen) atoms. The van der Waals surface area contributed by atoms with Gasteiger partial charge < -0.3 is 25.6 Å². The molecule has 0 radical (unpaired) electrons. The van der Waals surface area contributed by atoms with Crippen LogP contribution in [0.15, 0.2) is 24.3 Å². The van der Waals surface area contributed by atoms with Crippen molar-refractivity contribution in [1.29, 1.82) is 0 Å². The van der Waals surface area contributed by atoms with Crippen LogP contribution in [0.4, 0.5) is 0 Å². The van der Waals surface area contributed by atoms with Gasteiger partial charge in [0.2, 0.25) is 17.7 Å². The minimum absolute atomic E-state index is 0.000155. The lowest BCUT2D eigenvalue weighted by atomic mass is 10.0. The van der Waals surface area contributed by atoms with E-state index in [-0.39, 0.29) is 43.1 Å². The highest BCUT2D eigenvalue weighted by atomic mass is 16.5. The first-order chi connectivity index (χ1) is 15.8. The third kappa shape index (κ3) is 6.94. The summed E-state index contributed by atoms with van der Waals surface area (Å²) < 4.78 is 5.81. The number of benzene rings is 1. The molecule has 0 aromatic heterocycles. The van der Waals surface area contributed by atoms with Crippen molar-refractivity contribution in [2.45, 2.75) is 51.6 Å². The molecule has 0 unspecified atom stereocenters. The normalized spacial score (nSPS) is 22.9. The molecule has 1 aliphatic carbocycles. The van der Waals surface area contributed by atoms with Crippen LogP contribution in [0.3, 0.4) is 0 Å². The summed E-state index contributed by atoms with van der Waals surface area (Å²) in [5.74, 6) is -0.566. The second-order valence-corrected chi connectivity index (χ2v) is 9.15. The van der Waals surface area contributed by atoms with E-state index in [9.17, 15) is 19.2 Å². The average Bonchev–Trinajstić information content (AvgIpc) is 3.62. The topological polar surface area (TPSA) is 117 Å². The van der Waals surface area contributed by atoms with E-state index in [0.29, 0.717) is 30.3 Å². The van der Waals surface area contributed by atoms with Crippen LogP contribution in [0.5, 0.6) is 5.75 Å². The largest absolute Gasteiger partial charge is 0.491 e. The Balaban J connectivity index is 1.83. The maximum atomic E-state index is 13.0. The van der Waals surface area contributed by atoms with Gasteiger partial charge in [0.15, 0.2) is 0 Å². The van der Waals surface area contributed by atoms with Gasteiger partial charge in [0.1, 0.15) is 24.4 Å². The van der Waals surface area contributed by atoms with E-state index < -0.39 is 18.0 Å². The number of nitrogens with zero attached hydrogens (tertiary/aromatic N) is 1. The summed E-state index contributed by atoms with van der Waals surface area (Å²) >= 11 is 0. The van der Waals surface area contributed by atoms with Crippen LogP contribution < -0.4 is 20.7 Å². The highest BCUT2D eigenvalue weighted by Crippen LogP contribution is 2.27. The molecule has 1 aromatic carbocycles. The summed E-state index contributed by atoms with van der Waals surface area (Å²) in [6.45, 7) is 4.77. The number of hydrogen-bond acceptors (Lipinski definition) is 5.